The van der Waals surface area contributed by atoms with E-state index >= 15 is 0 Å². The molecule has 0 unspecified atom stereocenters. The molecular formula is C27H27N3O5. The van der Waals surface area contributed by atoms with Crippen molar-refractivity contribution in [2.45, 2.75) is 26.4 Å². The highest BCUT2D eigenvalue weighted by atomic mass is 16.5. The maximum absolute atomic E-state index is 12.3. The van der Waals surface area contributed by atoms with Crippen molar-refractivity contribution < 1.29 is 23.5 Å². The topological polar surface area (TPSA) is 95.7 Å². The van der Waals surface area contributed by atoms with Gasteiger partial charge in [-0.15, -0.1) is 0 Å². The molecule has 180 valence electrons. The monoisotopic (exact) mass is 473 g/mol. The number of nitrogens with one attached hydrogen (secondary N) is 1. The third kappa shape index (κ3) is 6.60. The van der Waals surface area contributed by atoms with Gasteiger partial charge in [0.15, 0.2) is 11.5 Å². The van der Waals surface area contributed by atoms with Crippen molar-refractivity contribution in [1.82, 2.24) is 10.1 Å². The second kappa shape index (κ2) is 11.7. The molecule has 35 heavy (non-hydrogen) atoms. The van der Waals surface area contributed by atoms with Gasteiger partial charge in [-0.2, -0.15) is 4.98 Å². The molecule has 1 amide bonds. The Balaban J connectivity index is 1.33. The van der Waals surface area contributed by atoms with Crippen molar-refractivity contribution in [3.8, 4) is 28.6 Å². The van der Waals surface area contributed by atoms with Crippen LogP contribution >= 0.6 is 0 Å². The highest BCUT2D eigenvalue weighted by Crippen LogP contribution is 2.32. The molecule has 1 N–H and O–H groups in total. The molecule has 0 aliphatic carbocycles. The van der Waals surface area contributed by atoms with Crippen molar-refractivity contribution in [2.24, 2.45) is 0 Å². The van der Waals surface area contributed by atoms with Crippen molar-refractivity contribution in [1.29, 1.82) is 0 Å². The summed E-state index contributed by atoms with van der Waals surface area (Å²) in [7, 11) is 1.58. The minimum absolute atomic E-state index is 0.143. The number of nitrogens with zero attached hydrogens (tertiary/aromatic N) is 2. The van der Waals surface area contributed by atoms with Gasteiger partial charge in [-0.05, 0) is 55.0 Å². The lowest BCUT2D eigenvalue weighted by Crippen LogP contribution is -2.12. The van der Waals surface area contributed by atoms with Crippen LogP contribution in [0.1, 0.15) is 24.8 Å². The molecule has 8 heteroatoms. The first-order valence-electron chi connectivity index (χ1n) is 11.3. The van der Waals surface area contributed by atoms with E-state index in [1.54, 1.807) is 25.3 Å². The number of aryl methyl sites for hydroxylation is 1. The normalized spacial score (nSPS) is 10.6. The highest BCUT2D eigenvalue weighted by molar-refractivity contribution is 5.90. The molecular weight excluding hydrogens is 446 g/mol. The Hall–Kier alpha value is -4.33. The van der Waals surface area contributed by atoms with Gasteiger partial charge in [-0.1, -0.05) is 35.5 Å². The van der Waals surface area contributed by atoms with Crippen LogP contribution in [0, 0.1) is 0 Å². The first-order valence-corrected chi connectivity index (χ1v) is 11.3. The molecule has 4 rings (SSSR count). The Labute approximate surface area is 203 Å². The Morgan fingerprint density at radius 2 is 1.77 bits per heavy atom. The average Bonchev–Trinajstić information content (AvgIpc) is 3.37. The Morgan fingerprint density at radius 1 is 0.971 bits per heavy atom. The third-order valence-electron chi connectivity index (χ3n) is 5.14. The predicted octanol–water partition coefficient (Wildman–Crippen LogP) is 5.29. The molecule has 0 radical (unpaired) electrons. The second-order valence-corrected chi connectivity index (χ2v) is 7.66. The van der Waals surface area contributed by atoms with Crippen LogP contribution < -0.4 is 19.5 Å². The highest BCUT2D eigenvalue weighted by Gasteiger charge is 2.14. The smallest absolute Gasteiger partial charge is 0.227 e. The lowest BCUT2D eigenvalue weighted by Gasteiger charge is -2.11. The number of carbonyl (C=O) groups excluding carboxylic acids is 1. The van der Waals surface area contributed by atoms with Crippen molar-refractivity contribution in [3.05, 3.63) is 84.3 Å². The van der Waals surface area contributed by atoms with Gasteiger partial charge in [0.2, 0.25) is 17.6 Å². The number of ether oxygens (including phenoxy) is 3. The number of rotatable bonds is 11. The number of methoxy groups -OCH3 is 1. The van der Waals surface area contributed by atoms with Crippen LogP contribution in [0.4, 0.5) is 5.69 Å². The van der Waals surface area contributed by atoms with Crippen molar-refractivity contribution in [3.63, 3.8) is 0 Å². The van der Waals surface area contributed by atoms with E-state index < -0.39 is 0 Å². The molecule has 0 saturated carbocycles. The maximum Gasteiger partial charge on any atom is 0.227 e. The van der Waals surface area contributed by atoms with Crippen LogP contribution in [0.5, 0.6) is 17.2 Å². The molecule has 0 aliphatic heterocycles. The summed E-state index contributed by atoms with van der Waals surface area (Å²) in [6, 6.07) is 22.6. The fourth-order valence-electron chi connectivity index (χ4n) is 3.38. The van der Waals surface area contributed by atoms with Crippen molar-refractivity contribution >= 4 is 11.6 Å². The number of benzene rings is 3. The summed E-state index contributed by atoms with van der Waals surface area (Å²) < 4.78 is 22.1. The van der Waals surface area contributed by atoms with Gasteiger partial charge in [0, 0.05) is 24.1 Å². The minimum atomic E-state index is -0.143. The molecule has 8 nitrogen and oxygen atoms in total. The quantitative estimate of drug-likeness (QED) is 0.316. The van der Waals surface area contributed by atoms with Gasteiger partial charge in [-0.25, -0.2) is 0 Å². The molecule has 1 heterocycles. The Kier molecular flexibility index (Phi) is 7.96. The van der Waals surface area contributed by atoms with Gasteiger partial charge >= 0.3 is 0 Å². The summed E-state index contributed by atoms with van der Waals surface area (Å²) in [5, 5.41) is 6.90. The second-order valence-electron chi connectivity index (χ2n) is 7.66. The van der Waals surface area contributed by atoms with E-state index in [1.807, 2.05) is 61.5 Å². The fraction of sp³-hybridized carbons (Fsp3) is 0.222. The fourth-order valence-corrected chi connectivity index (χ4v) is 3.38. The zero-order valence-electron chi connectivity index (χ0n) is 19.7. The summed E-state index contributed by atoms with van der Waals surface area (Å²) in [6.45, 7) is 2.95. The first-order chi connectivity index (χ1) is 17.1. The molecule has 4 aromatic rings. The number of hydrogen-bond acceptors (Lipinski definition) is 7. The summed E-state index contributed by atoms with van der Waals surface area (Å²) in [6.07, 6.45) is 0.537. The summed E-state index contributed by atoms with van der Waals surface area (Å²) in [4.78, 5) is 16.7. The molecule has 0 aliphatic rings. The largest absolute Gasteiger partial charge is 0.494 e. The SMILES string of the molecule is CCOc1ccc(NC(=O)CCc2nc(-c3ccc(OCc4ccccc4)c(OC)c3)no2)cc1. The van der Waals surface area contributed by atoms with E-state index in [4.69, 9.17) is 18.7 Å². The number of amides is 1. The van der Waals surface area contributed by atoms with Crippen LogP contribution in [-0.4, -0.2) is 29.8 Å². The standard InChI is InChI=1S/C27H27N3O5/c1-3-33-22-12-10-21(11-13-22)28-25(31)15-16-26-29-27(30-35-26)20-9-14-23(24(17-20)32-2)34-18-19-7-5-4-6-8-19/h4-14,17H,3,15-16,18H2,1-2H3,(H,28,31). The average molecular weight is 474 g/mol. The Morgan fingerprint density at radius 3 is 2.51 bits per heavy atom. The van der Waals surface area contributed by atoms with Crippen LogP contribution in [-0.2, 0) is 17.8 Å². The molecule has 0 spiro atoms. The van der Waals surface area contributed by atoms with E-state index in [0.717, 1.165) is 16.9 Å². The van der Waals surface area contributed by atoms with Crippen LogP contribution in [0.25, 0.3) is 11.4 Å². The van der Waals surface area contributed by atoms with Crippen molar-refractivity contribution in [2.75, 3.05) is 19.0 Å². The number of anilines is 1. The van der Waals surface area contributed by atoms with Gasteiger partial charge in [0.25, 0.3) is 0 Å². The van der Waals surface area contributed by atoms with Crippen LogP contribution in [0.3, 0.4) is 0 Å². The zero-order chi connectivity index (χ0) is 24.5. The molecule has 3 aromatic carbocycles. The van der Waals surface area contributed by atoms with E-state index in [9.17, 15) is 4.79 Å². The van der Waals surface area contributed by atoms with E-state index in [1.165, 1.54) is 0 Å². The molecule has 0 fully saturated rings. The lowest BCUT2D eigenvalue weighted by atomic mass is 10.2. The predicted molar refractivity (Wildman–Crippen MR) is 132 cm³/mol. The summed E-state index contributed by atoms with van der Waals surface area (Å²) in [5.74, 6) is 2.60. The van der Waals surface area contributed by atoms with E-state index in [0.29, 0.717) is 48.5 Å². The van der Waals surface area contributed by atoms with Crippen LogP contribution in [0.15, 0.2) is 77.3 Å². The molecule has 0 saturated heterocycles. The third-order valence-corrected chi connectivity index (χ3v) is 5.14. The summed E-state index contributed by atoms with van der Waals surface area (Å²) >= 11 is 0. The van der Waals surface area contributed by atoms with E-state index in [-0.39, 0.29) is 12.3 Å². The molecule has 0 bridgehead atoms. The van der Waals surface area contributed by atoms with Gasteiger partial charge < -0.3 is 24.1 Å². The number of aromatic nitrogens is 2. The molecule has 0 atom stereocenters. The Bertz CT molecular complexity index is 1240. The van der Waals surface area contributed by atoms with Gasteiger partial charge in [0.1, 0.15) is 12.4 Å². The first kappa shape index (κ1) is 23.8. The van der Waals surface area contributed by atoms with Gasteiger partial charge in [-0.3, -0.25) is 4.79 Å². The minimum Gasteiger partial charge on any atom is -0.494 e. The van der Waals surface area contributed by atoms with E-state index in [2.05, 4.69) is 15.5 Å². The number of hydrogen-bond donors (Lipinski definition) is 1. The number of carbonyl (C=O) groups is 1. The lowest BCUT2D eigenvalue weighted by molar-refractivity contribution is -0.116. The van der Waals surface area contributed by atoms with Crippen LogP contribution in [0.2, 0.25) is 0 Å². The zero-order valence-corrected chi connectivity index (χ0v) is 19.7. The summed E-state index contributed by atoms with van der Waals surface area (Å²) in [5.41, 5.74) is 2.49. The van der Waals surface area contributed by atoms with Gasteiger partial charge in [0.05, 0.1) is 13.7 Å². The molecule has 1 aromatic heterocycles. The maximum atomic E-state index is 12.3.